The van der Waals surface area contributed by atoms with Gasteiger partial charge in [-0.1, -0.05) is 114 Å². The summed E-state index contributed by atoms with van der Waals surface area (Å²) in [7, 11) is 0. The maximum Gasteiger partial charge on any atom is 0.209 e. The molecule has 0 saturated carbocycles. The largest absolute Gasteiger partial charge is 0.325 e. The molecule has 0 radical (unpaired) electrons. The van der Waals surface area contributed by atoms with Crippen LogP contribution in [0.3, 0.4) is 0 Å². The molecular formula is C30H45N5. The summed E-state index contributed by atoms with van der Waals surface area (Å²) in [4.78, 5) is 8.47. The number of nitriles is 1. The van der Waals surface area contributed by atoms with E-state index in [1.807, 2.05) is 18.3 Å². The van der Waals surface area contributed by atoms with Crippen LogP contribution in [0.4, 0.5) is 5.69 Å². The molecule has 2 rings (SSSR count). The molecule has 1 aromatic carbocycles. The van der Waals surface area contributed by atoms with E-state index in [1.54, 1.807) is 12.4 Å². The van der Waals surface area contributed by atoms with Gasteiger partial charge in [-0.2, -0.15) is 5.26 Å². The van der Waals surface area contributed by atoms with E-state index >= 15 is 0 Å². The minimum Gasteiger partial charge on any atom is -0.325 e. The van der Waals surface area contributed by atoms with Gasteiger partial charge in [-0.05, 0) is 37.0 Å². The van der Waals surface area contributed by atoms with Gasteiger partial charge in [0.05, 0.1) is 0 Å². The van der Waals surface area contributed by atoms with Crippen molar-refractivity contribution in [2.45, 2.75) is 103 Å². The first kappa shape index (κ1) is 28.4. The average Bonchev–Trinajstić information content (AvgIpc) is 2.89. The van der Waals surface area contributed by atoms with Gasteiger partial charge in [-0.15, -0.1) is 0 Å². The zero-order valence-corrected chi connectivity index (χ0v) is 21.6. The standard InChI is InChI=1S/C30H45N5/c31-27-34-30(35-29-22-25-32-26-23-29)33-24-18-13-11-9-7-5-3-1-2-4-6-8-10-12-15-19-28-20-16-14-17-21-28/h14,16-17,20-23,25-26H,1-13,15,18-19,24H2,(H2,32,33,34,35). The average molecular weight is 476 g/mol. The number of hydrogen-bond donors (Lipinski definition) is 2. The second kappa shape index (κ2) is 20.5. The van der Waals surface area contributed by atoms with Crippen LogP contribution in [0.2, 0.25) is 0 Å². The van der Waals surface area contributed by atoms with Gasteiger partial charge in [0.25, 0.3) is 0 Å². The SMILES string of the molecule is N#CNC(=NCCCCCCCCCCCCCCCCCc1ccccc1)Nc1ccncc1. The van der Waals surface area contributed by atoms with Crippen molar-refractivity contribution < 1.29 is 0 Å². The molecule has 2 aromatic rings. The normalized spacial score (nSPS) is 11.2. The fourth-order valence-corrected chi connectivity index (χ4v) is 4.31. The predicted molar refractivity (Wildman–Crippen MR) is 148 cm³/mol. The summed E-state index contributed by atoms with van der Waals surface area (Å²) in [6.45, 7) is 0.731. The number of benzene rings is 1. The third-order valence-corrected chi connectivity index (χ3v) is 6.35. The van der Waals surface area contributed by atoms with Crippen molar-refractivity contribution in [3.63, 3.8) is 0 Å². The van der Waals surface area contributed by atoms with E-state index in [-0.39, 0.29) is 0 Å². The Morgan fingerprint density at radius 1 is 0.686 bits per heavy atom. The second-order valence-corrected chi connectivity index (χ2v) is 9.37. The van der Waals surface area contributed by atoms with Crippen molar-refractivity contribution in [3.8, 4) is 6.19 Å². The Hall–Kier alpha value is -2.87. The van der Waals surface area contributed by atoms with Crippen LogP contribution in [0.1, 0.15) is 102 Å². The molecule has 190 valence electrons. The molecule has 1 heterocycles. The van der Waals surface area contributed by atoms with E-state index in [2.05, 4.69) is 50.9 Å². The molecule has 0 aliphatic rings. The van der Waals surface area contributed by atoms with Gasteiger partial charge in [0, 0.05) is 24.6 Å². The van der Waals surface area contributed by atoms with Crippen LogP contribution in [-0.4, -0.2) is 17.5 Å². The van der Waals surface area contributed by atoms with Crippen LogP contribution in [-0.2, 0) is 6.42 Å². The third-order valence-electron chi connectivity index (χ3n) is 6.35. The molecule has 35 heavy (non-hydrogen) atoms. The van der Waals surface area contributed by atoms with E-state index < -0.39 is 0 Å². The number of unbranched alkanes of at least 4 members (excludes halogenated alkanes) is 14. The number of nitrogens with zero attached hydrogens (tertiary/aromatic N) is 3. The predicted octanol–water partition coefficient (Wildman–Crippen LogP) is 8.01. The summed E-state index contributed by atoms with van der Waals surface area (Å²) >= 11 is 0. The fraction of sp³-hybridized carbons (Fsp3) is 0.567. The highest BCUT2D eigenvalue weighted by atomic mass is 15.2. The van der Waals surface area contributed by atoms with Gasteiger partial charge < -0.3 is 5.32 Å². The maximum atomic E-state index is 8.90. The Kier molecular flexibility index (Phi) is 16.6. The van der Waals surface area contributed by atoms with E-state index in [1.165, 1.54) is 102 Å². The molecule has 5 nitrogen and oxygen atoms in total. The number of nitrogens with one attached hydrogen (secondary N) is 2. The van der Waals surface area contributed by atoms with Crippen molar-refractivity contribution >= 4 is 11.6 Å². The van der Waals surface area contributed by atoms with Crippen LogP contribution < -0.4 is 10.6 Å². The van der Waals surface area contributed by atoms with E-state index in [0.717, 1.165) is 18.7 Å². The Morgan fingerprint density at radius 3 is 1.74 bits per heavy atom. The summed E-state index contributed by atoms with van der Waals surface area (Å²) in [5.41, 5.74) is 2.35. The van der Waals surface area contributed by atoms with Gasteiger partial charge in [0.1, 0.15) is 0 Å². The first-order chi connectivity index (χ1) is 17.4. The van der Waals surface area contributed by atoms with Crippen molar-refractivity contribution in [2.75, 3.05) is 11.9 Å². The molecule has 0 aliphatic carbocycles. The summed E-state index contributed by atoms with van der Waals surface area (Å²) < 4.78 is 0. The van der Waals surface area contributed by atoms with Crippen LogP contribution in [0, 0.1) is 11.5 Å². The minimum absolute atomic E-state index is 0.502. The lowest BCUT2D eigenvalue weighted by Crippen LogP contribution is -2.27. The quantitative estimate of drug-likeness (QED) is 0.0709. The zero-order chi connectivity index (χ0) is 24.7. The Labute approximate surface area is 213 Å². The van der Waals surface area contributed by atoms with Crippen molar-refractivity contribution in [1.82, 2.24) is 10.3 Å². The number of anilines is 1. The number of rotatable bonds is 19. The third kappa shape index (κ3) is 15.6. The fourth-order valence-electron chi connectivity index (χ4n) is 4.31. The Morgan fingerprint density at radius 2 is 1.20 bits per heavy atom. The van der Waals surface area contributed by atoms with Crippen LogP contribution >= 0.6 is 0 Å². The van der Waals surface area contributed by atoms with Crippen molar-refractivity contribution in [1.29, 1.82) is 5.26 Å². The van der Waals surface area contributed by atoms with E-state index in [4.69, 9.17) is 5.26 Å². The van der Waals surface area contributed by atoms with Crippen molar-refractivity contribution in [2.24, 2.45) is 4.99 Å². The van der Waals surface area contributed by atoms with Gasteiger partial charge in [0.15, 0.2) is 6.19 Å². The molecule has 0 bridgehead atoms. The number of aryl methyl sites for hydroxylation is 1. The second-order valence-electron chi connectivity index (χ2n) is 9.37. The van der Waals surface area contributed by atoms with Crippen LogP contribution in [0.25, 0.3) is 0 Å². The molecule has 0 atom stereocenters. The molecule has 0 fully saturated rings. The highest BCUT2D eigenvalue weighted by Gasteiger charge is 1.99. The number of guanidine groups is 1. The van der Waals surface area contributed by atoms with Gasteiger partial charge in [-0.25, -0.2) is 0 Å². The van der Waals surface area contributed by atoms with E-state index in [9.17, 15) is 0 Å². The lowest BCUT2D eigenvalue weighted by atomic mass is 10.0. The minimum atomic E-state index is 0.502. The highest BCUT2D eigenvalue weighted by molar-refractivity contribution is 5.94. The number of aliphatic imine (C=N–C) groups is 1. The summed E-state index contributed by atoms with van der Waals surface area (Å²) in [5.74, 6) is 0.502. The molecular weight excluding hydrogens is 430 g/mol. The summed E-state index contributed by atoms with van der Waals surface area (Å²) in [5, 5.41) is 14.6. The summed E-state index contributed by atoms with van der Waals surface area (Å²) in [6, 6.07) is 14.6. The Balaban J connectivity index is 1.32. The number of hydrogen-bond acceptors (Lipinski definition) is 3. The molecule has 5 heteroatoms. The Bertz CT molecular complexity index is 814. The molecule has 0 amide bonds. The lowest BCUT2D eigenvalue weighted by Gasteiger charge is -2.07. The first-order valence-corrected chi connectivity index (χ1v) is 13.8. The smallest absolute Gasteiger partial charge is 0.209 e. The summed E-state index contributed by atoms with van der Waals surface area (Å²) in [6.07, 6.45) is 26.7. The molecule has 0 unspecified atom stereocenters. The number of pyridine rings is 1. The highest BCUT2D eigenvalue weighted by Crippen LogP contribution is 2.14. The van der Waals surface area contributed by atoms with Crippen LogP contribution in [0.15, 0.2) is 59.9 Å². The molecule has 1 aromatic heterocycles. The van der Waals surface area contributed by atoms with E-state index in [0.29, 0.717) is 5.96 Å². The molecule has 2 N–H and O–H groups in total. The lowest BCUT2D eigenvalue weighted by molar-refractivity contribution is 0.531. The van der Waals surface area contributed by atoms with Crippen LogP contribution in [0.5, 0.6) is 0 Å². The topological polar surface area (TPSA) is 73.1 Å². The van der Waals surface area contributed by atoms with Gasteiger partial charge in [-0.3, -0.25) is 15.3 Å². The zero-order valence-electron chi connectivity index (χ0n) is 21.6. The first-order valence-electron chi connectivity index (χ1n) is 13.8. The number of aromatic nitrogens is 1. The monoisotopic (exact) mass is 475 g/mol. The van der Waals surface area contributed by atoms with Gasteiger partial charge in [0.2, 0.25) is 5.96 Å². The van der Waals surface area contributed by atoms with Crippen molar-refractivity contribution in [3.05, 3.63) is 60.4 Å². The maximum absolute atomic E-state index is 8.90. The van der Waals surface area contributed by atoms with Gasteiger partial charge >= 0.3 is 0 Å². The molecule has 0 saturated heterocycles. The molecule has 0 aliphatic heterocycles. The molecule has 0 spiro atoms.